The summed E-state index contributed by atoms with van der Waals surface area (Å²) in [6.07, 6.45) is 21.6. The number of rotatable bonds is 32. The van der Waals surface area contributed by atoms with E-state index in [1.54, 1.807) is 0 Å². The number of aryl methyl sites for hydroxylation is 2. The maximum atomic E-state index is 5.83. The molecular formula is C38H70O6. The van der Waals surface area contributed by atoms with Gasteiger partial charge < -0.3 is 28.4 Å². The highest BCUT2D eigenvalue weighted by Gasteiger charge is 2.32. The van der Waals surface area contributed by atoms with Crippen molar-refractivity contribution in [3.8, 4) is 0 Å². The van der Waals surface area contributed by atoms with Crippen LogP contribution in [0.3, 0.4) is 0 Å². The average molecular weight is 623 g/mol. The van der Waals surface area contributed by atoms with Crippen molar-refractivity contribution in [3.63, 3.8) is 0 Å². The standard InChI is InChI=1S/C38H70O6/c1-7-39-37(40-8-2,41-9-3)33-25-21-17-13-15-19-23-27-35-29-31-36(32-30-35)28-24-20-16-14-18-22-26-34-38(42-10-4,43-11-5)44-12-6/h29-32H,7-28,33-34H2,1-6H3. The van der Waals surface area contributed by atoms with Gasteiger partial charge >= 0.3 is 0 Å². The summed E-state index contributed by atoms with van der Waals surface area (Å²) in [4.78, 5) is 0. The molecule has 6 heteroatoms. The van der Waals surface area contributed by atoms with Gasteiger partial charge in [0.25, 0.3) is 11.9 Å². The zero-order valence-corrected chi connectivity index (χ0v) is 29.7. The number of hydrogen-bond donors (Lipinski definition) is 0. The van der Waals surface area contributed by atoms with Crippen molar-refractivity contribution in [3.05, 3.63) is 35.4 Å². The van der Waals surface area contributed by atoms with Crippen LogP contribution in [0.25, 0.3) is 0 Å². The van der Waals surface area contributed by atoms with Crippen molar-refractivity contribution in [1.29, 1.82) is 0 Å². The molecule has 0 aliphatic carbocycles. The Labute approximate surface area is 272 Å². The fourth-order valence-corrected chi connectivity index (χ4v) is 5.98. The normalized spacial score (nSPS) is 12.3. The molecular weight excluding hydrogens is 552 g/mol. The minimum absolute atomic E-state index is 0.604. The maximum absolute atomic E-state index is 5.83. The van der Waals surface area contributed by atoms with Crippen LogP contribution >= 0.6 is 0 Å². The molecule has 0 heterocycles. The first-order chi connectivity index (χ1) is 21.5. The first-order valence-electron chi connectivity index (χ1n) is 18.4. The molecule has 6 nitrogen and oxygen atoms in total. The smallest absolute Gasteiger partial charge is 0.282 e. The van der Waals surface area contributed by atoms with E-state index in [0.717, 1.165) is 25.7 Å². The molecule has 0 bridgehead atoms. The van der Waals surface area contributed by atoms with Gasteiger partial charge in [0.1, 0.15) is 0 Å². The van der Waals surface area contributed by atoms with Gasteiger partial charge in [0.15, 0.2) is 0 Å². The highest BCUT2D eigenvalue weighted by Crippen LogP contribution is 2.25. The predicted molar refractivity (Wildman–Crippen MR) is 183 cm³/mol. The second kappa shape index (κ2) is 27.1. The summed E-state index contributed by atoms with van der Waals surface area (Å²) >= 11 is 0. The molecule has 44 heavy (non-hydrogen) atoms. The van der Waals surface area contributed by atoms with Crippen LogP contribution < -0.4 is 0 Å². The van der Waals surface area contributed by atoms with E-state index in [2.05, 4.69) is 24.3 Å². The second-order valence-electron chi connectivity index (χ2n) is 11.7. The van der Waals surface area contributed by atoms with E-state index in [4.69, 9.17) is 28.4 Å². The molecule has 258 valence electrons. The van der Waals surface area contributed by atoms with Gasteiger partial charge in [-0.25, -0.2) is 0 Å². The Morgan fingerprint density at radius 2 is 0.568 bits per heavy atom. The summed E-state index contributed by atoms with van der Waals surface area (Å²) in [6.45, 7) is 15.6. The number of unbranched alkanes of at least 4 members (excludes halogenated alkanes) is 12. The van der Waals surface area contributed by atoms with Gasteiger partial charge in [0, 0.05) is 52.5 Å². The van der Waals surface area contributed by atoms with Crippen molar-refractivity contribution in [2.24, 2.45) is 0 Å². The number of benzene rings is 1. The first-order valence-corrected chi connectivity index (χ1v) is 18.4. The lowest BCUT2D eigenvalue weighted by atomic mass is 10.0. The average Bonchev–Trinajstić information content (AvgIpc) is 3.01. The van der Waals surface area contributed by atoms with Gasteiger partial charge in [0.2, 0.25) is 0 Å². The van der Waals surface area contributed by atoms with Crippen LogP contribution in [0.1, 0.15) is 155 Å². The lowest BCUT2D eigenvalue weighted by molar-refractivity contribution is -0.380. The van der Waals surface area contributed by atoms with Crippen molar-refractivity contribution in [2.45, 2.75) is 169 Å². The molecule has 0 amide bonds. The Hall–Kier alpha value is -1.02. The molecule has 0 atom stereocenters. The van der Waals surface area contributed by atoms with Crippen molar-refractivity contribution < 1.29 is 28.4 Å². The van der Waals surface area contributed by atoms with E-state index in [1.165, 1.54) is 101 Å². The lowest BCUT2D eigenvalue weighted by Crippen LogP contribution is -2.39. The molecule has 1 aromatic carbocycles. The molecule has 0 spiro atoms. The summed E-state index contributed by atoms with van der Waals surface area (Å²) < 4.78 is 35.0. The second-order valence-corrected chi connectivity index (χ2v) is 11.7. The summed E-state index contributed by atoms with van der Waals surface area (Å²) in [5.74, 6) is -1.69. The number of ether oxygens (including phenoxy) is 6. The fraction of sp³-hybridized carbons (Fsp3) is 0.842. The van der Waals surface area contributed by atoms with E-state index < -0.39 is 11.9 Å². The summed E-state index contributed by atoms with van der Waals surface area (Å²) in [5.41, 5.74) is 2.96. The minimum atomic E-state index is -0.845. The predicted octanol–water partition coefficient (Wildman–Crippen LogP) is 10.5. The van der Waals surface area contributed by atoms with E-state index in [0.29, 0.717) is 39.6 Å². The van der Waals surface area contributed by atoms with E-state index in [-0.39, 0.29) is 0 Å². The van der Waals surface area contributed by atoms with Crippen LogP contribution in [0.5, 0.6) is 0 Å². The third-order valence-electron chi connectivity index (χ3n) is 8.11. The zero-order valence-electron chi connectivity index (χ0n) is 29.7. The van der Waals surface area contributed by atoms with E-state index in [9.17, 15) is 0 Å². The van der Waals surface area contributed by atoms with Gasteiger partial charge in [-0.15, -0.1) is 0 Å². The largest absolute Gasteiger partial charge is 0.328 e. The van der Waals surface area contributed by atoms with Crippen LogP contribution in [-0.2, 0) is 41.3 Å². The van der Waals surface area contributed by atoms with Crippen LogP contribution in [0, 0.1) is 0 Å². The highest BCUT2D eigenvalue weighted by molar-refractivity contribution is 5.22. The van der Waals surface area contributed by atoms with E-state index >= 15 is 0 Å². The van der Waals surface area contributed by atoms with Crippen LogP contribution in [0.15, 0.2) is 24.3 Å². The van der Waals surface area contributed by atoms with Gasteiger partial charge in [-0.3, -0.25) is 0 Å². The minimum Gasteiger partial charge on any atom is -0.328 e. The maximum Gasteiger partial charge on any atom is 0.282 e. The molecule has 0 unspecified atom stereocenters. The van der Waals surface area contributed by atoms with Crippen LogP contribution in [-0.4, -0.2) is 51.6 Å². The lowest BCUT2D eigenvalue weighted by Gasteiger charge is -2.32. The Balaban J connectivity index is 2.08. The molecule has 1 aromatic rings. The van der Waals surface area contributed by atoms with E-state index in [1.807, 2.05) is 41.5 Å². The first kappa shape index (κ1) is 41.0. The Morgan fingerprint density at radius 3 is 0.818 bits per heavy atom. The molecule has 0 aromatic heterocycles. The van der Waals surface area contributed by atoms with Gasteiger partial charge in [0.05, 0.1) is 0 Å². The molecule has 0 saturated carbocycles. The molecule has 0 saturated heterocycles. The van der Waals surface area contributed by atoms with Crippen molar-refractivity contribution >= 4 is 0 Å². The Kier molecular flexibility index (Phi) is 25.3. The molecule has 0 aliphatic heterocycles. The van der Waals surface area contributed by atoms with Gasteiger partial charge in [-0.2, -0.15) is 0 Å². The van der Waals surface area contributed by atoms with Gasteiger partial charge in [-0.1, -0.05) is 88.5 Å². The highest BCUT2D eigenvalue weighted by atomic mass is 16.9. The summed E-state index contributed by atoms with van der Waals surface area (Å²) in [7, 11) is 0. The molecule has 0 aliphatic rings. The van der Waals surface area contributed by atoms with Crippen LogP contribution in [0.4, 0.5) is 0 Å². The quantitative estimate of drug-likeness (QED) is 0.0588. The molecule has 0 fully saturated rings. The van der Waals surface area contributed by atoms with Crippen molar-refractivity contribution in [2.75, 3.05) is 39.6 Å². The molecule has 1 rings (SSSR count). The molecule has 0 radical (unpaired) electrons. The van der Waals surface area contributed by atoms with Crippen LogP contribution in [0.2, 0.25) is 0 Å². The third-order valence-corrected chi connectivity index (χ3v) is 8.11. The fourth-order valence-electron chi connectivity index (χ4n) is 5.98. The third kappa shape index (κ3) is 18.8. The number of hydrogen-bond acceptors (Lipinski definition) is 6. The van der Waals surface area contributed by atoms with Crippen molar-refractivity contribution in [1.82, 2.24) is 0 Å². The summed E-state index contributed by atoms with van der Waals surface area (Å²) in [5, 5.41) is 0. The summed E-state index contributed by atoms with van der Waals surface area (Å²) in [6, 6.07) is 9.40. The molecule has 0 N–H and O–H groups in total. The monoisotopic (exact) mass is 623 g/mol. The SMILES string of the molecule is CCOC(CCCCCCCCCc1ccc(CCCCCCCCCC(OCC)(OCC)OCC)cc1)(OCC)OCC. The topological polar surface area (TPSA) is 55.4 Å². The Morgan fingerprint density at radius 1 is 0.341 bits per heavy atom. The zero-order chi connectivity index (χ0) is 32.2. The Bertz CT molecular complexity index is 655. The van der Waals surface area contributed by atoms with Gasteiger partial charge in [-0.05, 0) is 91.2 Å².